The van der Waals surface area contributed by atoms with E-state index in [-0.39, 0.29) is 17.9 Å². The monoisotopic (exact) mass is 348 g/mol. The summed E-state index contributed by atoms with van der Waals surface area (Å²) in [5.74, 6) is -0.177. The molecule has 2 atom stereocenters. The Morgan fingerprint density at radius 2 is 2.04 bits per heavy atom. The SMILES string of the molecule is C[C@H](NC(=O)[C@H]1CCC(=O)N1)c1ccc(-c2ccc(Cl)cc2)s1. The molecule has 23 heavy (non-hydrogen) atoms. The minimum Gasteiger partial charge on any atom is -0.347 e. The summed E-state index contributed by atoms with van der Waals surface area (Å²) in [7, 11) is 0. The first kappa shape index (κ1) is 16.0. The lowest BCUT2D eigenvalue weighted by Gasteiger charge is -2.16. The topological polar surface area (TPSA) is 58.2 Å². The average molecular weight is 349 g/mol. The Morgan fingerprint density at radius 3 is 2.70 bits per heavy atom. The molecule has 1 aromatic heterocycles. The van der Waals surface area contributed by atoms with Crippen molar-refractivity contribution in [2.45, 2.75) is 31.8 Å². The Balaban J connectivity index is 1.66. The van der Waals surface area contributed by atoms with Gasteiger partial charge in [-0.1, -0.05) is 23.7 Å². The van der Waals surface area contributed by atoms with Gasteiger partial charge < -0.3 is 10.6 Å². The van der Waals surface area contributed by atoms with Crippen LogP contribution in [0.4, 0.5) is 0 Å². The van der Waals surface area contributed by atoms with Gasteiger partial charge in [-0.15, -0.1) is 11.3 Å². The van der Waals surface area contributed by atoms with Gasteiger partial charge in [-0.25, -0.2) is 0 Å². The number of halogens is 1. The third-order valence-corrected chi connectivity index (χ3v) is 5.42. The Labute approximate surface area is 143 Å². The first-order valence-electron chi connectivity index (χ1n) is 7.48. The molecule has 1 aliphatic heterocycles. The molecule has 120 valence electrons. The quantitative estimate of drug-likeness (QED) is 0.888. The highest BCUT2D eigenvalue weighted by molar-refractivity contribution is 7.15. The summed E-state index contributed by atoms with van der Waals surface area (Å²) < 4.78 is 0. The van der Waals surface area contributed by atoms with Crippen LogP contribution in [0.25, 0.3) is 10.4 Å². The van der Waals surface area contributed by atoms with Crippen molar-refractivity contribution >= 4 is 34.8 Å². The molecule has 1 saturated heterocycles. The summed E-state index contributed by atoms with van der Waals surface area (Å²) in [6.45, 7) is 1.95. The third-order valence-electron chi connectivity index (χ3n) is 3.85. The molecule has 0 bridgehead atoms. The number of carbonyl (C=O) groups is 2. The maximum atomic E-state index is 12.2. The number of hydrogen-bond donors (Lipinski definition) is 2. The van der Waals surface area contributed by atoms with Crippen molar-refractivity contribution in [3.63, 3.8) is 0 Å². The molecular formula is C17H17ClN2O2S. The van der Waals surface area contributed by atoms with Gasteiger partial charge in [0.1, 0.15) is 6.04 Å². The van der Waals surface area contributed by atoms with Crippen molar-refractivity contribution in [3.05, 3.63) is 46.3 Å². The maximum absolute atomic E-state index is 12.2. The van der Waals surface area contributed by atoms with Crippen LogP contribution in [0.15, 0.2) is 36.4 Å². The van der Waals surface area contributed by atoms with Crippen molar-refractivity contribution in [2.24, 2.45) is 0 Å². The van der Waals surface area contributed by atoms with Crippen LogP contribution in [-0.2, 0) is 9.59 Å². The molecule has 6 heteroatoms. The summed E-state index contributed by atoms with van der Waals surface area (Å²) in [6, 6.07) is 11.3. The van der Waals surface area contributed by atoms with Crippen LogP contribution in [0.5, 0.6) is 0 Å². The normalized spacial score (nSPS) is 18.5. The number of benzene rings is 1. The zero-order chi connectivity index (χ0) is 16.4. The minimum absolute atomic E-state index is 0.0565. The van der Waals surface area contributed by atoms with Gasteiger partial charge in [0, 0.05) is 21.2 Å². The third kappa shape index (κ3) is 3.74. The van der Waals surface area contributed by atoms with Crippen LogP contribution < -0.4 is 10.6 Å². The van der Waals surface area contributed by atoms with Crippen LogP contribution in [-0.4, -0.2) is 17.9 Å². The van der Waals surface area contributed by atoms with E-state index in [1.54, 1.807) is 11.3 Å². The van der Waals surface area contributed by atoms with Gasteiger partial charge in [0.2, 0.25) is 11.8 Å². The molecule has 1 aromatic carbocycles. The summed E-state index contributed by atoms with van der Waals surface area (Å²) in [5, 5.41) is 6.37. The highest BCUT2D eigenvalue weighted by atomic mass is 35.5. The molecule has 1 fully saturated rings. The van der Waals surface area contributed by atoms with Crippen LogP contribution >= 0.6 is 22.9 Å². The van der Waals surface area contributed by atoms with Crippen molar-refractivity contribution in [1.29, 1.82) is 0 Å². The zero-order valence-corrected chi connectivity index (χ0v) is 14.2. The lowest BCUT2D eigenvalue weighted by molar-refractivity contribution is -0.126. The molecule has 2 heterocycles. The molecule has 2 aromatic rings. The standard InChI is InChI=1S/C17H17ClN2O2S/c1-10(19-17(22)13-6-9-16(21)20-13)14-7-8-15(23-14)11-2-4-12(18)5-3-11/h2-5,7-8,10,13H,6,9H2,1H3,(H,19,22)(H,20,21)/t10-,13+/m0/s1. The first-order valence-corrected chi connectivity index (χ1v) is 8.68. The highest BCUT2D eigenvalue weighted by Gasteiger charge is 2.28. The lowest BCUT2D eigenvalue weighted by atomic mass is 10.2. The fourth-order valence-corrected chi connectivity index (χ4v) is 3.69. The second-order valence-electron chi connectivity index (χ2n) is 5.60. The van der Waals surface area contributed by atoms with E-state index in [1.165, 1.54) is 0 Å². The predicted molar refractivity (Wildman–Crippen MR) is 92.5 cm³/mol. The number of rotatable bonds is 4. The highest BCUT2D eigenvalue weighted by Crippen LogP contribution is 2.32. The van der Waals surface area contributed by atoms with Gasteiger partial charge in [0.05, 0.1) is 6.04 Å². The fourth-order valence-electron chi connectivity index (χ4n) is 2.55. The summed E-state index contributed by atoms with van der Waals surface area (Å²) in [5.41, 5.74) is 1.10. The van der Waals surface area contributed by atoms with Crippen LogP contribution in [0.1, 0.15) is 30.7 Å². The maximum Gasteiger partial charge on any atom is 0.243 e. The van der Waals surface area contributed by atoms with Crippen molar-refractivity contribution in [1.82, 2.24) is 10.6 Å². The summed E-state index contributed by atoms with van der Waals surface area (Å²) in [4.78, 5) is 25.6. The van der Waals surface area contributed by atoms with Crippen molar-refractivity contribution < 1.29 is 9.59 Å². The molecule has 2 N–H and O–H groups in total. The molecule has 3 rings (SSSR count). The van der Waals surface area contributed by atoms with E-state index in [1.807, 2.05) is 43.3 Å². The molecule has 0 aliphatic carbocycles. The Kier molecular flexibility index (Phi) is 4.68. The molecule has 0 radical (unpaired) electrons. The largest absolute Gasteiger partial charge is 0.347 e. The number of thiophene rings is 1. The molecule has 0 unspecified atom stereocenters. The van der Waals surface area contributed by atoms with E-state index in [2.05, 4.69) is 10.6 Å². The smallest absolute Gasteiger partial charge is 0.243 e. The lowest BCUT2D eigenvalue weighted by Crippen LogP contribution is -2.42. The van der Waals surface area contributed by atoms with E-state index in [0.29, 0.717) is 17.9 Å². The zero-order valence-electron chi connectivity index (χ0n) is 12.6. The van der Waals surface area contributed by atoms with Crippen LogP contribution in [0.3, 0.4) is 0 Å². The molecule has 2 amide bonds. The van der Waals surface area contributed by atoms with Crippen LogP contribution in [0.2, 0.25) is 5.02 Å². The number of amides is 2. The number of hydrogen-bond acceptors (Lipinski definition) is 3. The second-order valence-corrected chi connectivity index (χ2v) is 7.15. The van der Waals surface area contributed by atoms with E-state index in [4.69, 9.17) is 11.6 Å². The van der Waals surface area contributed by atoms with Gasteiger partial charge in [0.15, 0.2) is 0 Å². The molecule has 1 aliphatic rings. The summed E-state index contributed by atoms with van der Waals surface area (Å²) >= 11 is 7.55. The summed E-state index contributed by atoms with van der Waals surface area (Å²) in [6.07, 6.45) is 0.990. The van der Waals surface area contributed by atoms with Crippen molar-refractivity contribution in [3.8, 4) is 10.4 Å². The Hall–Kier alpha value is -1.85. The van der Waals surface area contributed by atoms with Gasteiger partial charge in [0.25, 0.3) is 0 Å². The molecular weight excluding hydrogens is 332 g/mol. The van der Waals surface area contributed by atoms with E-state index in [9.17, 15) is 9.59 Å². The number of carbonyl (C=O) groups excluding carboxylic acids is 2. The molecule has 4 nitrogen and oxygen atoms in total. The van der Waals surface area contributed by atoms with E-state index >= 15 is 0 Å². The Bertz CT molecular complexity index is 726. The van der Waals surface area contributed by atoms with E-state index in [0.717, 1.165) is 15.3 Å². The minimum atomic E-state index is -0.402. The molecule has 0 spiro atoms. The Morgan fingerprint density at radius 1 is 1.30 bits per heavy atom. The van der Waals surface area contributed by atoms with Gasteiger partial charge in [-0.3, -0.25) is 9.59 Å². The van der Waals surface area contributed by atoms with E-state index < -0.39 is 6.04 Å². The van der Waals surface area contributed by atoms with Gasteiger partial charge in [-0.05, 0) is 43.2 Å². The van der Waals surface area contributed by atoms with Gasteiger partial charge >= 0.3 is 0 Å². The molecule has 0 saturated carbocycles. The van der Waals surface area contributed by atoms with Crippen molar-refractivity contribution in [2.75, 3.05) is 0 Å². The van der Waals surface area contributed by atoms with Gasteiger partial charge in [-0.2, -0.15) is 0 Å². The second kappa shape index (κ2) is 6.72. The average Bonchev–Trinajstić information content (AvgIpc) is 3.17. The predicted octanol–water partition coefficient (Wildman–Crippen LogP) is 3.52. The van der Waals surface area contributed by atoms with Crippen LogP contribution in [0, 0.1) is 0 Å². The fraction of sp³-hybridized carbons (Fsp3) is 0.294. The number of nitrogens with one attached hydrogen (secondary N) is 2. The first-order chi connectivity index (χ1) is 11.0.